The molecular formula is C10H11BrN4S. The van der Waals surface area contributed by atoms with Crippen LogP contribution < -0.4 is 11.3 Å². The number of hydrogen-bond donors (Lipinski definition) is 2. The first-order chi connectivity index (χ1) is 7.81. The average Bonchev–Trinajstić information content (AvgIpc) is 2.81. The number of rotatable bonds is 4. The van der Waals surface area contributed by atoms with E-state index >= 15 is 0 Å². The molecule has 2 rings (SSSR count). The van der Waals surface area contributed by atoms with Crippen LogP contribution in [0.4, 0.5) is 0 Å². The predicted octanol–water partition coefficient (Wildman–Crippen LogP) is 2.05. The van der Waals surface area contributed by atoms with Gasteiger partial charge in [0.25, 0.3) is 0 Å². The van der Waals surface area contributed by atoms with Gasteiger partial charge >= 0.3 is 0 Å². The van der Waals surface area contributed by atoms with Crippen LogP contribution in [0.1, 0.15) is 17.3 Å². The number of hydrazine groups is 1. The van der Waals surface area contributed by atoms with Crippen LogP contribution in [0.25, 0.3) is 0 Å². The van der Waals surface area contributed by atoms with Gasteiger partial charge in [-0.3, -0.25) is 11.3 Å². The summed E-state index contributed by atoms with van der Waals surface area (Å²) in [6, 6.07) is 8.07. The summed E-state index contributed by atoms with van der Waals surface area (Å²) in [4.78, 5) is 0. The molecule has 0 fully saturated rings. The summed E-state index contributed by atoms with van der Waals surface area (Å²) in [6.45, 7) is 0. The molecular weight excluding hydrogens is 288 g/mol. The van der Waals surface area contributed by atoms with E-state index < -0.39 is 0 Å². The lowest BCUT2D eigenvalue weighted by Gasteiger charge is -2.13. The van der Waals surface area contributed by atoms with Crippen LogP contribution in [0, 0.1) is 0 Å². The fourth-order valence-corrected chi connectivity index (χ4v) is 2.38. The number of halogens is 1. The standard InChI is InChI=1S/C10H11BrN4S/c11-8-4-2-1-3-7(8)5-9(14-12)10-6-13-16-15-10/h1-4,6,9,14H,5,12H2. The molecule has 1 unspecified atom stereocenters. The number of nitrogens with two attached hydrogens (primary N) is 1. The highest BCUT2D eigenvalue weighted by Gasteiger charge is 2.14. The monoisotopic (exact) mass is 298 g/mol. The number of hydrogen-bond acceptors (Lipinski definition) is 5. The van der Waals surface area contributed by atoms with Crippen molar-refractivity contribution in [2.45, 2.75) is 12.5 Å². The van der Waals surface area contributed by atoms with Crippen LogP contribution in [-0.2, 0) is 6.42 Å². The van der Waals surface area contributed by atoms with Crippen molar-refractivity contribution >= 4 is 27.7 Å². The first-order valence-corrected chi connectivity index (χ1v) is 6.30. The van der Waals surface area contributed by atoms with Gasteiger partial charge < -0.3 is 0 Å². The molecule has 1 aromatic carbocycles. The molecule has 3 N–H and O–H groups in total. The molecule has 0 amide bonds. The fraction of sp³-hybridized carbons (Fsp3) is 0.200. The molecule has 1 heterocycles. The zero-order valence-corrected chi connectivity index (χ0v) is 10.8. The smallest absolute Gasteiger partial charge is 0.0929 e. The van der Waals surface area contributed by atoms with Gasteiger partial charge in [-0.15, -0.1) is 0 Å². The molecule has 0 saturated carbocycles. The Hall–Kier alpha value is -0.820. The molecule has 0 aliphatic rings. The largest absolute Gasteiger partial charge is 0.271 e. The summed E-state index contributed by atoms with van der Waals surface area (Å²) in [5, 5.41) is 0. The molecule has 0 saturated heterocycles. The molecule has 0 aliphatic heterocycles. The molecule has 2 aromatic rings. The topological polar surface area (TPSA) is 63.8 Å². The van der Waals surface area contributed by atoms with Crippen molar-refractivity contribution in [3.05, 3.63) is 46.2 Å². The average molecular weight is 299 g/mol. The second kappa shape index (κ2) is 5.49. The zero-order chi connectivity index (χ0) is 11.4. The van der Waals surface area contributed by atoms with E-state index in [1.165, 1.54) is 17.3 Å². The number of nitrogens with zero attached hydrogens (tertiary/aromatic N) is 2. The third-order valence-corrected chi connectivity index (χ3v) is 3.58. The van der Waals surface area contributed by atoms with Crippen molar-refractivity contribution in [3.8, 4) is 0 Å². The summed E-state index contributed by atoms with van der Waals surface area (Å²) >= 11 is 4.71. The van der Waals surface area contributed by atoms with Crippen molar-refractivity contribution < 1.29 is 0 Å². The van der Waals surface area contributed by atoms with Crippen LogP contribution >= 0.6 is 27.7 Å². The SMILES string of the molecule is NNC(Cc1ccccc1Br)c1cnsn1. The summed E-state index contributed by atoms with van der Waals surface area (Å²) in [7, 11) is 0. The van der Waals surface area contributed by atoms with Gasteiger partial charge in [-0.05, 0) is 18.1 Å². The van der Waals surface area contributed by atoms with Gasteiger partial charge in [0.2, 0.25) is 0 Å². The van der Waals surface area contributed by atoms with E-state index in [1.807, 2.05) is 18.2 Å². The molecule has 16 heavy (non-hydrogen) atoms. The molecule has 84 valence electrons. The second-order valence-corrected chi connectivity index (χ2v) is 4.76. The van der Waals surface area contributed by atoms with E-state index in [0.717, 1.165) is 16.6 Å². The lowest BCUT2D eigenvalue weighted by molar-refractivity contribution is 0.541. The van der Waals surface area contributed by atoms with Crippen molar-refractivity contribution in [2.75, 3.05) is 0 Å². The Balaban J connectivity index is 2.17. The predicted molar refractivity (Wildman–Crippen MR) is 67.8 cm³/mol. The lowest BCUT2D eigenvalue weighted by atomic mass is 10.0. The zero-order valence-electron chi connectivity index (χ0n) is 8.43. The minimum absolute atomic E-state index is 0.00236. The van der Waals surface area contributed by atoms with Crippen LogP contribution in [0.15, 0.2) is 34.9 Å². The number of nitrogens with one attached hydrogen (secondary N) is 1. The van der Waals surface area contributed by atoms with E-state index in [1.54, 1.807) is 6.20 Å². The van der Waals surface area contributed by atoms with Crippen molar-refractivity contribution in [2.24, 2.45) is 5.84 Å². The Morgan fingerprint density at radius 1 is 1.44 bits per heavy atom. The Bertz CT molecular complexity index is 446. The van der Waals surface area contributed by atoms with Crippen LogP contribution in [0.3, 0.4) is 0 Å². The Labute approximate surface area is 106 Å². The Morgan fingerprint density at radius 3 is 2.88 bits per heavy atom. The summed E-state index contributed by atoms with van der Waals surface area (Å²) in [5.41, 5.74) is 4.83. The highest BCUT2D eigenvalue weighted by Crippen LogP contribution is 2.22. The maximum Gasteiger partial charge on any atom is 0.0929 e. The van der Waals surface area contributed by atoms with Crippen LogP contribution in [0.5, 0.6) is 0 Å². The first kappa shape index (κ1) is 11.7. The normalized spacial score (nSPS) is 12.6. The van der Waals surface area contributed by atoms with Gasteiger partial charge in [-0.2, -0.15) is 8.75 Å². The van der Waals surface area contributed by atoms with Crippen molar-refractivity contribution in [1.29, 1.82) is 0 Å². The molecule has 0 radical (unpaired) electrons. The van der Waals surface area contributed by atoms with Crippen LogP contribution in [0.2, 0.25) is 0 Å². The van der Waals surface area contributed by atoms with E-state index in [0.29, 0.717) is 0 Å². The lowest BCUT2D eigenvalue weighted by Crippen LogP contribution is -2.29. The van der Waals surface area contributed by atoms with Gasteiger partial charge in [0, 0.05) is 4.47 Å². The van der Waals surface area contributed by atoms with E-state index in [9.17, 15) is 0 Å². The van der Waals surface area contributed by atoms with Gasteiger partial charge in [0.1, 0.15) is 0 Å². The summed E-state index contributed by atoms with van der Waals surface area (Å²) in [5.74, 6) is 5.53. The molecule has 6 heteroatoms. The van der Waals surface area contributed by atoms with E-state index in [2.05, 4.69) is 36.2 Å². The van der Waals surface area contributed by atoms with Crippen LogP contribution in [-0.4, -0.2) is 8.75 Å². The minimum atomic E-state index is -0.00236. The molecule has 0 aliphatic carbocycles. The first-order valence-electron chi connectivity index (χ1n) is 4.78. The van der Waals surface area contributed by atoms with Gasteiger partial charge in [-0.1, -0.05) is 34.1 Å². The summed E-state index contributed by atoms with van der Waals surface area (Å²) < 4.78 is 9.25. The maximum absolute atomic E-state index is 5.53. The Morgan fingerprint density at radius 2 is 2.25 bits per heavy atom. The maximum atomic E-state index is 5.53. The fourth-order valence-electron chi connectivity index (χ4n) is 1.46. The van der Waals surface area contributed by atoms with Gasteiger partial charge in [-0.25, -0.2) is 0 Å². The number of benzene rings is 1. The molecule has 4 nitrogen and oxygen atoms in total. The minimum Gasteiger partial charge on any atom is -0.271 e. The summed E-state index contributed by atoms with van der Waals surface area (Å²) in [6.07, 6.45) is 2.52. The van der Waals surface area contributed by atoms with Crippen molar-refractivity contribution in [1.82, 2.24) is 14.2 Å². The van der Waals surface area contributed by atoms with Crippen molar-refractivity contribution in [3.63, 3.8) is 0 Å². The second-order valence-electron chi connectivity index (χ2n) is 3.35. The van der Waals surface area contributed by atoms with Gasteiger partial charge in [0.15, 0.2) is 0 Å². The molecule has 0 bridgehead atoms. The van der Waals surface area contributed by atoms with Gasteiger partial charge in [0.05, 0.1) is 29.7 Å². The highest BCUT2D eigenvalue weighted by molar-refractivity contribution is 9.10. The Kier molecular flexibility index (Phi) is 4.00. The third kappa shape index (κ3) is 2.65. The quantitative estimate of drug-likeness (QED) is 0.670. The van der Waals surface area contributed by atoms with E-state index in [-0.39, 0.29) is 6.04 Å². The highest BCUT2D eigenvalue weighted by atomic mass is 79.9. The molecule has 1 atom stereocenters. The molecule has 0 spiro atoms. The third-order valence-electron chi connectivity index (χ3n) is 2.32. The van der Waals surface area contributed by atoms with E-state index in [4.69, 9.17) is 5.84 Å². The molecule has 1 aromatic heterocycles. The number of aromatic nitrogens is 2.